The maximum absolute atomic E-state index is 13.1. The second-order valence-electron chi connectivity index (χ2n) is 7.53. The fraction of sp³-hybridized carbons (Fsp3) is 0.240. The molecule has 1 saturated heterocycles. The van der Waals surface area contributed by atoms with E-state index in [-0.39, 0.29) is 17.6 Å². The number of carbonyl (C=O) groups excluding carboxylic acids is 2. The molecule has 4 rings (SSSR count). The molecule has 0 radical (unpaired) electrons. The number of nitrogens with zero attached hydrogens (tertiary/aromatic N) is 2. The SMILES string of the molecule is Cc1ncccc1C(=O)N1CCC[C@H](C(=O)c2ccc(-c3ccccc3)cc2)C1. The molecule has 1 atom stereocenters. The summed E-state index contributed by atoms with van der Waals surface area (Å²) in [6.45, 7) is 2.99. The summed E-state index contributed by atoms with van der Waals surface area (Å²) < 4.78 is 0. The third kappa shape index (κ3) is 4.11. The number of aromatic nitrogens is 1. The van der Waals surface area contributed by atoms with Gasteiger partial charge in [-0.05, 0) is 43.0 Å². The van der Waals surface area contributed by atoms with Gasteiger partial charge in [0.15, 0.2) is 5.78 Å². The van der Waals surface area contributed by atoms with Gasteiger partial charge in [0.05, 0.1) is 5.56 Å². The lowest BCUT2D eigenvalue weighted by Crippen LogP contribution is -2.42. The zero-order chi connectivity index (χ0) is 20.2. The third-order valence-electron chi connectivity index (χ3n) is 5.59. The number of hydrogen-bond donors (Lipinski definition) is 0. The van der Waals surface area contributed by atoms with Crippen molar-refractivity contribution in [1.82, 2.24) is 9.88 Å². The lowest BCUT2D eigenvalue weighted by Gasteiger charge is -2.32. The number of benzene rings is 2. The number of pyridine rings is 1. The molecule has 0 bridgehead atoms. The highest BCUT2D eigenvalue weighted by atomic mass is 16.2. The largest absolute Gasteiger partial charge is 0.338 e. The van der Waals surface area contributed by atoms with Crippen LogP contribution in [0, 0.1) is 12.8 Å². The van der Waals surface area contributed by atoms with E-state index in [1.807, 2.05) is 49.4 Å². The predicted molar refractivity (Wildman–Crippen MR) is 114 cm³/mol. The summed E-state index contributed by atoms with van der Waals surface area (Å²) in [5, 5.41) is 0. The fourth-order valence-corrected chi connectivity index (χ4v) is 3.95. The van der Waals surface area contributed by atoms with Crippen LogP contribution in [0.2, 0.25) is 0 Å². The quantitative estimate of drug-likeness (QED) is 0.608. The Bertz CT molecular complexity index is 1010. The van der Waals surface area contributed by atoms with Crippen LogP contribution in [0.5, 0.6) is 0 Å². The number of aryl methyl sites for hydroxylation is 1. The number of likely N-dealkylation sites (tertiary alicyclic amines) is 1. The molecular weight excluding hydrogens is 360 g/mol. The highest BCUT2D eigenvalue weighted by Gasteiger charge is 2.30. The minimum Gasteiger partial charge on any atom is -0.338 e. The second-order valence-corrected chi connectivity index (χ2v) is 7.53. The first-order chi connectivity index (χ1) is 14.1. The summed E-state index contributed by atoms with van der Waals surface area (Å²) in [6, 6.07) is 21.5. The van der Waals surface area contributed by atoms with Crippen LogP contribution in [-0.2, 0) is 0 Å². The Labute approximate surface area is 171 Å². The van der Waals surface area contributed by atoms with Crippen molar-refractivity contribution in [3.8, 4) is 11.1 Å². The van der Waals surface area contributed by atoms with Crippen LogP contribution < -0.4 is 0 Å². The third-order valence-corrected chi connectivity index (χ3v) is 5.59. The van der Waals surface area contributed by atoms with Gasteiger partial charge in [0.1, 0.15) is 0 Å². The van der Waals surface area contributed by atoms with Gasteiger partial charge in [0.2, 0.25) is 0 Å². The van der Waals surface area contributed by atoms with E-state index in [4.69, 9.17) is 0 Å². The van der Waals surface area contributed by atoms with Gasteiger partial charge >= 0.3 is 0 Å². The molecule has 0 unspecified atom stereocenters. The van der Waals surface area contributed by atoms with Gasteiger partial charge < -0.3 is 4.90 Å². The summed E-state index contributed by atoms with van der Waals surface area (Å²) in [6.07, 6.45) is 3.34. The molecule has 4 heteroatoms. The molecule has 2 aromatic carbocycles. The number of hydrogen-bond acceptors (Lipinski definition) is 3. The maximum atomic E-state index is 13.1. The Morgan fingerprint density at radius 3 is 2.38 bits per heavy atom. The lowest BCUT2D eigenvalue weighted by molar-refractivity contribution is 0.0636. The van der Waals surface area contributed by atoms with E-state index in [9.17, 15) is 9.59 Å². The average Bonchev–Trinajstić information content (AvgIpc) is 2.79. The Balaban J connectivity index is 1.47. The molecule has 1 aromatic heterocycles. The van der Waals surface area contributed by atoms with Crippen molar-refractivity contribution in [3.63, 3.8) is 0 Å². The van der Waals surface area contributed by atoms with Gasteiger partial charge in [-0.2, -0.15) is 0 Å². The number of rotatable bonds is 4. The summed E-state index contributed by atoms with van der Waals surface area (Å²) in [7, 11) is 0. The highest BCUT2D eigenvalue weighted by molar-refractivity contribution is 6.00. The summed E-state index contributed by atoms with van der Waals surface area (Å²) in [5.74, 6) is -0.0789. The number of carbonyl (C=O) groups is 2. The molecule has 1 amide bonds. The van der Waals surface area contributed by atoms with E-state index in [0.29, 0.717) is 24.2 Å². The van der Waals surface area contributed by atoms with Gasteiger partial charge in [-0.3, -0.25) is 14.6 Å². The van der Waals surface area contributed by atoms with Crippen molar-refractivity contribution >= 4 is 11.7 Å². The first kappa shape index (κ1) is 19.1. The smallest absolute Gasteiger partial charge is 0.255 e. The lowest BCUT2D eigenvalue weighted by atomic mass is 9.89. The zero-order valence-corrected chi connectivity index (χ0v) is 16.5. The standard InChI is InChI=1S/C25H24N2O2/c1-18-23(10-5-15-26-18)25(29)27-16-6-9-22(17-27)24(28)21-13-11-20(12-14-21)19-7-3-2-4-8-19/h2-5,7-8,10-15,22H,6,9,16-17H2,1H3/t22-/m0/s1. The predicted octanol–water partition coefficient (Wildman–Crippen LogP) is 4.79. The minimum absolute atomic E-state index is 0.0347. The van der Waals surface area contributed by atoms with E-state index in [1.54, 1.807) is 23.2 Å². The number of Topliss-reactive ketones (excluding diaryl/α,β-unsaturated/α-hetero) is 1. The molecule has 1 aliphatic rings. The average molecular weight is 384 g/mol. The second kappa shape index (κ2) is 8.39. The maximum Gasteiger partial charge on any atom is 0.255 e. The normalized spacial score (nSPS) is 16.4. The van der Waals surface area contributed by atoms with E-state index in [1.165, 1.54) is 0 Å². The molecule has 146 valence electrons. The molecule has 4 nitrogen and oxygen atoms in total. The van der Waals surface area contributed by atoms with Gasteiger partial charge in [-0.15, -0.1) is 0 Å². The van der Waals surface area contributed by atoms with Crippen molar-refractivity contribution in [2.75, 3.05) is 13.1 Å². The molecule has 2 heterocycles. The Morgan fingerprint density at radius 1 is 0.931 bits per heavy atom. The monoisotopic (exact) mass is 384 g/mol. The molecule has 3 aromatic rings. The van der Waals surface area contributed by atoms with Gasteiger partial charge in [-0.1, -0.05) is 54.6 Å². The number of ketones is 1. The number of piperidine rings is 1. The van der Waals surface area contributed by atoms with Crippen LogP contribution in [0.1, 0.15) is 39.3 Å². The van der Waals surface area contributed by atoms with Crippen molar-refractivity contribution in [2.45, 2.75) is 19.8 Å². The van der Waals surface area contributed by atoms with Crippen LogP contribution in [0.15, 0.2) is 72.9 Å². The Kier molecular flexibility index (Phi) is 5.52. The fourth-order valence-electron chi connectivity index (χ4n) is 3.95. The van der Waals surface area contributed by atoms with Crippen molar-refractivity contribution in [2.24, 2.45) is 5.92 Å². The summed E-state index contributed by atoms with van der Waals surface area (Å²) >= 11 is 0. The zero-order valence-electron chi connectivity index (χ0n) is 16.5. The first-order valence-electron chi connectivity index (χ1n) is 10.0. The Hall–Kier alpha value is -3.27. The summed E-state index contributed by atoms with van der Waals surface area (Å²) in [5.41, 5.74) is 4.28. The van der Waals surface area contributed by atoms with Crippen molar-refractivity contribution in [3.05, 3.63) is 89.7 Å². The van der Waals surface area contributed by atoms with Crippen LogP contribution in [-0.4, -0.2) is 34.7 Å². The van der Waals surface area contributed by atoms with Crippen LogP contribution in [0.25, 0.3) is 11.1 Å². The van der Waals surface area contributed by atoms with Gasteiger partial charge in [0, 0.05) is 36.5 Å². The van der Waals surface area contributed by atoms with Crippen molar-refractivity contribution < 1.29 is 9.59 Å². The van der Waals surface area contributed by atoms with Gasteiger partial charge in [-0.25, -0.2) is 0 Å². The number of amides is 1. The molecular formula is C25H24N2O2. The summed E-state index contributed by atoms with van der Waals surface area (Å²) in [4.78, 5) is 32.0. The molecule has 0 spiro atoms. The van der Waals surface area contributed by atoms with Crippen LogP contribution >= 0.6 is 0 Å². The first-order valence-corrected chi connectivity index (χ1v) is 10.0. The molecule has 1 fully saturated rings. The van der Waals surface area contributed by atoms with E-state index >= 15 is 0 Å². The van der Waals surface area contributed by atoms with Gasteiger partial charge in [0.25, 0.3) is 5.91 Å². The Morgan fingerprint density at radius 2 is 1.66 bits per heavy atom. The van der Waals surface area contributed by atoms with Crippen LogP contribution in [0.3, 0.4) is 0 Å². The highest BCUT2D eigenvalue weighted by Crippen LogP contribution is 2.25. The molecule has 0 aliphatic carbocycles. The van der Waals surface area contributed by atoms with E-state index in [2.05, 4.69) is 17.1 Å². The topological polar surface area (TPSA) is 50.3 Å². The van der Waals surface area contributed by atoms with E-state index in [0.717, 1.165) is 29.7 Å². The van der Waals surface area contributed by atoms with Crippen molar-refractivity contribution in [1.29, 1.82) is 0 Å². The minimum atomic E-state index is -0.160. The molecule has 0 N–H and O–H groups in total. The molecule has 1 aliphatic heterocycles. The molecule has 0 saturated carbocycles. The van der Waals surface area contributed by atoms with E-state index < -0.39 is 0 Å². The van der Waals surface area contributed by atoms with Crippen LogP contribution in [0.4, 0.5) is 0 Å². The molecule has 29 heavy (non-hydrogen) atoms.